The SMILES string of the molecule is CC(/C=C\[C@@H](C)[C@H](C)O[Si](C)(C)C(C)(C)C)[C@H]1OC(C)(C)O[C@H]1CCO[Si](c1ccccc1)(c1ccccc1)C(C)(C)C. The van der Waals surface area contributed by atoms with Crippen molar-refractivity contribution in [1.82, 2.24) is 0 Å². The highest BCUT2D eigenvalue weighted by molar-refractivity contribution is 6.99. The average Bonchev–Trinajstić information content (AvgIpc) is 3.23. The van der Waals surface area contributed by atoms with Gasteiger partial charge < -0.3 is 18.3 Å². The van der Waals surface area contributed by atoms with E-state index in [0.717, 1.165) is 6.42 Å². The van der Waals surface area contributed by atoms with Crippen LogP contribution in [0.5, 0.6) is 0 Å². The summed E-state index contributed by atoms with van der Waals surface area (Å²) in [5.74, 6) is -0.120. The van der Waals surface area contributed by atoms with Gasteiger partial charge in [-0.15, -0.1) is 0 Å². The Bertz CT molecular complexity index is 1130. The molecule has 3 rings (SSSR count). The van der Waals surface area contributed by atoms with Gasteiger partial charge in [0.1, 0.15) is 0 Å². The van der Waals surface area contributed by atoms with Gasteiger partial charge in [-0.3, -0.25) is 0 Å². The highest BCUT2D eigenvalue weighted by atomic mass is 28.4. The van der Waals surface area contributed by atoms with Gasteiger partial charge >= 0.3 is 0 Å². The molecule has 240 valence electrons. The fourth-order valence-corrected chi connectivity index (χ4v) is 12.1. The molecule has 1 fully saturated rings. The second-order valence-electron chi connectivity index (χ2n) is 15.6. The third kappa shape index (κ3) is 8.59. The van der Waals surface area contributed by atoms with Crippen molar-refractivity contribution < 1.29 is 18.3 Å². The Balaban J connectivity index is 1.77. The van der Waals surface area contributed by atoms with Gasteiger partial charge in [0.2, 0.25) is 0 Å². The number of benzene rings is 2. The quantitative estimate of drug-likeness (QED) is 0.175. The van der Waals surface area contributed by atoms with E-state index in [-0.39, 0.29) is 34.3 Å². The maximum absolute atomic E-state index is 7.20. The normalized spacial score (nSPS) is 22.1. The summed E-state index contributed by atoms with van der Waals surface area (Å²) in [6, 6.07) is 21.7. The molecule has 1 heterocycles. The largest absolute Gasteiger partial charge is 0.414 e. The molecule has 0 bridgehead atoms. The van der Waals surface area contributed by atoms with E-state index >= 15 is 0 Å². The van der Waals surface area contributed by atoms with Gasteiger partial charge in [0.25, 0.3) is 8.32 Å². The van der Waals surface area contributed by atoms with Crippen LogP contribution in [0.15, 0.2) is 72.8 Å². The highest BCUT2D eigenvalue weighted by Crippen LogP contribution is 2.40. The minimum Gasteiger partial charge on any atom is -0.414 e. The Morgan fingerprint density at radius 3 is 1.77 bits per heavy atom. The molecule has 5 atom stereocenters. The van der Waals surface area contributed by atoms with Crippen LogP contribution in [0, 0.1) is 11.8 Å². The van der Waals surface area contributed by atoms with Crippen LogP contribution in [-0.2, 0) is 18.3 Å². The first-order valence-corrected chi connectivity index (χ1v) is 21.1. The molecule has 0 amide bonds. The van der Waals surface area contributed by atoms with Crippen molar-refractivity contribution in [1.29, 1.82) is 0 Å². The third-order valence-electron chi connectivity index (χ3n) is 9.62. The topological polar surface area (TPSA) is 36.9 Å². The van der Waals surface area contributed by atoms with E-state index in [2.05, 4.69) is 148 Å². The van der Waals surface area contributed by atoms with Crippen LogP contribution in [0.25, 0.3) is 0 Å². The van der Waals surface area contributed by atoms with Gasteiger partial charge in [-0.2, -0.15) is 0 Å². The van der Waals surface area contributed by atoms with Gasteiger partial charge in [-0.1, -0.05) is 128 Å². The van der Waals surface area contributed by atoms with Gasteiger partial charge in [-0.25, -0.2) is 0 Å². The Hall–Kier alpha value is -1.55. The van der Waals surface area contributed by atoms with E-state index in [1.54, 1.807) is 0 Å². The Kier molecular flexibility index (Phi) is 11.6. The molecule has 0 N–H and O–H groups in total. The zero-order valence-electron chi connectivity index (χ0n) is 29.4. The van der Waals surface area contributed by atoms with E-state index in [1.807, 2.05) is 13.8 Å². The van der Waals surface area contributed by atoms with Gasteiger partial charge in [0, 0.05) is 18.6 Å². The summed E-state index contributed by atoms with van der Waals surface area (Å²) >= 11 is 0. The summed E-state index contributed by atoms with van der Waals surface area (Å²) in [5.41, 5.74) is 0. The number of ether oxygens (including phenoxy) is 2. The number of hydrogen-bond acceptors (Lipinski definition) is 4. The van der Waals surface area contributed by atoms with Crippen molar-refractivity contribution in [3.05, 3.63) is 72.8 Å². The van der Waals surface area contributed by atoms with E-state index in [9.17, 15) is 0 Å². The monoisotopic (exact) mass is 624 g/mol. The molecule has 0 aliphatic carbocycles. The molecule has 6 heteroatoms. The summed E-state index contributed by atoms with van der Waals surface area (Å²) in [5, 5.41) is 2.74. The lowest BCUT2D eigenvalue weighted by molar-refractivity contribution is -0.149. The molecular formula is C37H60O4Si2. The fraction of sp³-hybridized carbons (Fsp3) is 0.622. The van der Waals surface area contributed by atoms with E-state index in [1.165, 1.54) is 10.4 Å². The molecule has 2 aromatic carbocycles. The summed E-state index contributed by atoms with van der Waals surface area (Å²) in [7, 11) is -4.43. The summed E-state index contributed by atoms with van der Waals surface area (Å²) < 4.78 is 26.9. The van der Waals surface area contributed by atoms with E-state index in [4.69, 9.17) is 18.3 Å². The molecule has 2 aromatic rings. The molecular weight excluding hydrogens is 565 g/mol. The Morgan fingerprint density at radius 2 is 1.30 bits per heavy atom. The van der Waals surface area contributed by atoms with Crippen LogP contribution in [0.2, 0.25) is 23.2 Å². The van der Waals surface area contributed by atoms with Crippen molar-refractivity contribution in [2.45, 2.75) is 130 Å². The van der Waals surface area contributed by atoms with Crippen molar-refractivity contribution >= 4 is 27.0 Å². The summed E-state index contributed by atoms with van der Waals surface area (Å²) in [4.78, 5) is 0. The lowest BCUT2D eigenvalue weighted by Gasteiger charge is -2.43. The summed E-state index contributed by atoms with van der Waals surface area (Å²) in [6.07, 6.45) is 5.46. The first-order valence-electron chi connectivity index (χ1n) is 16.3. The third-order valence-corrected chi connectivity index (χ3v) is 19.2. The molecule has 0 aromatic heterocycles. The van der Waals surface area contributed by atoms with Crippen molar-refractivity contribution in [2.24, 2.45) is 11.8 Å². The van der Waals surface area contributed by atoms with Gasteiger partial charge in [0.05, 0.1) is 12.2 Å². The molecule has 4 nitrogen and oxygen atoms in total. The van der Waals surface area contributed by atoms with E-state index in [0.29, 0.717) is 12.5 Å². The van der Waals surface area contributed by atoms with Crippen molar-refractivity contribution in [3.8, 4) is 0 Å². The first-order chi connectivity index (χ1) is 19.8. The molecule has 1 aliphatic heterocycles. The van der Waals surface area contributed by atoms with Crippen LogP contribution < -0.4 is 10.4 Å². The number of hydrogen-bond donors (Lipinski definition) is 0. The van der Waals surface area contributed by atoms with Gasteiger partial charge in [-0.05, 0) is 66.7 Å². The maximum atomic E-state index is 7.20. The maximum Gasteiger partial charge on any atom is 0.261 e. The van der Waals surface area contributed by atoms with Crippen LogP contribution in [0.4, 0.5) is 0 Å². The lowest BCUT2D eigenvalue weighted by atomic mass is 9.95. The minimum absolute atomic E-state index is 0.0437. The van der Waals surface area contributed by atoms with E-state index < -0.39 is 22.4 Å². The molecule has 1 saturated heterocycles. The number of rotatable bonds is 12. The van der Waals surface area contributed by atoms with Crippen LogP contribution >= 0.6 is 0 Å². The second kappa shape index (κ2) is 13.8. The molecule has 0 saturated carbocycles. The fourth-order valence-electron chi connectivity index (χ4n) is 5.99. The molecule has 0 radical (unpaired) electrons. The van der Waals surface area contributed by atoms with Crippen LogP contribution in [-0.4, -0.2) is 47.3 Å². The van der Waals surface area contributed by atoms with Crippen molar-refractivity contribution in [3.63, 3.8) is 0 Å². The Labute approximate surface area is 265 Å². The smallest absolute Gasteiger partial charge is 0.261 e. The zero-order chi connectivity index (χ0) is 32.3. The minimum atomic E-state index is -2.60. The predicted octanol–water partition coefficient (Wildman–Crippen LogP) is 8.71. The first kappa shape index (κ1) is 35.9. The molecule has 43 heavy (non-hydrogen) atoms. The molecule has 1 unspecified atom stereocenters. The Morgan fingerprint density at radius 1 is 0.791 bits per heavy atom. The lowest BCUT2D eigenvalue weighted by Crippen LogP contribution is -2.66. The average molecular weight is 625 g/mol. The van der Waals surface area contributed by atoms with Crippen molar-refractivity contribution in [2.75, 3.05) is 6.61 Å². The van der Waals surface area contributed by atoms with Gasteiger partial charge in [0.15, 0.2) is 14.1 Å². The predicted molar refractivity (Wildman–Crippen MR) is 187 cm³/mol. The second-order valence-corrected chi connectivity index (χ2v) is 24.7. The zero-order valence-corrected chi connectivity index (χ0v) is 31.4. The highest BCUT2D eigenvalue weighted by Gasteiger charge is 2.51. The van der Waals surface area contributed by atoms with Crippen LogP contribution in [0.1, 0.15) is 82.6 Å². The summed E-state index contributed by atoms with van der Waals surface area (Å²) in [6.45, 7) is 29.9. The van der Waals surface area contributed by atoms with Crippen LogP contribution in [0.3, 0.4) is 0 Å². The molecule has 0 spiro atoms. The molecule has 1 aliphatic rings. The standard InChI is InChI=1S/C37H60O4Si2/c1-28(30(3)41-42(12,13)35(4,5)6)24-25-29(2)34-33(39-37(10,11)40-34)26-27-38-43(36(7,8)9,31-20-16-14-17-21-31)32-22-18-15-19-23-32/h14-25,28-30,33-34H,26-27H2,1-13H3/b25-24-/t28-,29?,30+,33+,34-/m1/s1.